The second-order valence-electron chi connectivity index (χ2n) is 7.85. The maximum absolute atomic E-state index is 13.4. The largest absolute Gasteiger partial charge is 0.463 e. The van der Waals surface area contributed by atoms with E-state index in [1.54, 1.807) is 18.3 Å². The quantitative estimate of drug-likeness (QED) is 0.281. The van der Waals surface area contributed by atoms with Crippen molar-refractivity contribution in [2.24, 2.45) is 0 Å². The maximum atomic E-state index is 13.4. The monoisotopic (exact) mass is 419 g/mol. The molecule has 5 heteroatoms. The van der Waals surface area contributed by atoms with Crippen LogP contribution in [0.3, 0.4) is 0 Å². The van der Waals surface area contributed by atoms with Gasteiger partial charge in [0, 0.05) is 23.1 Å². The zero-order valence-electron chi connectivity index (χ0n) is 16.9. The molecule has 1 aliphatic heterocycles. The van der Waals surface area contributed by atoms with E-state index in [0.717, 1.165) is 27.6 Å². The summed E-state index contributed by atoms with van der Waals surface area (Å²) in [6.07, 6.45) is 3.40. The molecule has 3 heterocycles. The number of esters is 1. The van der Waals surface area contributed by atoms with Crippen molar-refractivity contribution >= 4 is 27.8 Å². The van der Waals surface area contributed by atoms with Gasteiger partial charge in [0.05, 0.1) is 22.9 Å². The smallest absolute Gasteiger partial charge is 0.312 e. The van der Waals surface area contributed by atoms with Gasteiger partial charge in [0.1, 0.15) is 17.6 Å². The molecule has 0 amide bonds. The molecule has 0 saturated carbocycles. The molecule has 32 heavy (non-hydrogen) atoms. The Morgan fingerprint density at radius 2 is 1.66 bits per heavy atom. The summed E-state index contributed by atoms with van der Waals surface area (Å²) < 4.78 is 11.6. The van der Waals surface area contributed by atoms with Crippen molar-refractivity contribution in [1.82, 2.24) is 4.98 Å². The van der Waals surface area contributed by atoms with E-state index >= 15 is 0 Å². The molecule has 0 fully saturated rings. The van der Waals surface area contributed by atoms with E-state index in [0.29, 0.717) is 22.3 Å². The van der Waals surface area contributed by atoms with Crippen molar-refractivity contribution in [2.75, 3.05) is 0 Å². The average Bonchev–Trinajstić information content (AvgIpc) is 2.83. The Balaban J connectivity index is 1.62. The number of hydrogen-bond donors (Lipinski definition) is 0. The van der Waals surface area contributed by atoms with E-state index in [4.69, 9.17) is 9.15 Å². The highest BCUT2D eigenvalue weighted by Crippen LogP contribution is 2.44. The fraction of sp³-hybridized carbons (Fsp3) is 0.0741. The van der Waals surface area contributed by atoms with E-state index in [-0.39, 0.29) is 23.7 Å². The van der Waals surface area contributed by atoms with Gasteiger partial charge in [0.25, 0.3) is 0 Å². The highest BCUT2D eigenvalue weighted by atomic mass is 16.5. The minimum atomic E-state index is -0.314. The van der Waals surface area contributed by atoms with E-state index < -0.39 is 0 Å². The predicted octanol–water partition coefficient (Wildman–Crippen LogP) is 5.45. The molecule has 154 valence electrons. The molecule has 0 spiro atoms. The number of carbonyl (C=O) groups is 1. The van der Waals surface area contributed by atoms with Crippen LogP contribution in [0.1, 0.15) is 23.5 Å². The van der Waals surface area contributed by atoms with Crippen LogP contribution < -0.4 is 10.2 Å². The normalized spacial score (nSPS) is 15.5. The molecule has 0 saturated heterocycles. The zero-order valence-corrected chi connectivity index (χ0v) is 16.9. The van der Waals surface area contributed by atoms with Crippen LogP contribution in [0.4, 0.5) is 0 Å². The van der Waals surface area contributed by atoms with Gasteiger partial charge in [-0.2, -0.15) is 0 Å². The van der Waals surface area contributed by atoms with Crippen LogP contribution in [0.25, 0.3) is 33.0 Å². The molecule has 0 bridgehead atoms. The second kappa shape index (κ2) is 7.17. The fourth-order valence-electron chi connectivity index (χ4n) is 4.56. The first-order valence-electron chi connectivity index (χ1n) is 10.4. The minimum absolute atomic E-state index is 0.115. The number of pyridine rings is 1. The number of aromatic nitrogens is 1. The highest BCUT2D eigenvalue weighted by molar-refractivity contribution is 5.92. The summed E-state index contributed by atoms with van der Waals surface area (Å²) in [5, 5.41) is 1.42. The van der Waals surface area contributed by atoms with Crippen LogP contribution in [0, 0.1) is 0 Å². The number of para-hydroxylation sites is 1. The zero-order chi connectivity index (χ0) is 21.7. The number of fused-ring (bicyclic) bond motifs is 4. The number of nitrogens with zero attached hydrogens (tertiary/aromatic N) is 1. The van der Waals surface area contributed by atoms with E-state index in [1.165, 1.54) is 6.26 Å². The van der Waals surface area contributed by atoms with Gasteiger partial charge in [-0.05, 0) is 35.4 Å². The van der Waals surface area contributed by atoms with Crippen LogP contribution in [-0.2, 0) is 4.79 Å². The highest BCUT2D eigenvalue weighted by Gasteiger charge is 2.33. The first kappa shape index (κ1) is 18.5. The summed E-state index contributed by atoms with van der Waals surface area (Å²) in [5.74, 6) is -0.199. The van der Waals surface area contributed by atoms with Crippen molar-refractivity contribution < 1.29 is 13.9 Å². The van der Waals surface area contributed by atoms with Gasteiger partial charge in [-0.15, -0.1) is 0 Å². The Morgan fingerprint density at radius 1 is 0.844 bits per heavy atom. The van der Waals surface area contributed by atoms with Gasteiger partial charge in [0.2, 0.25) is 5.43 Å². The number of carbonyl (C=O) groups excluding carboxylic acids is 1. The lowest BCUT2D eigenvalue weighted by Gasteiger charge is -2.26. The van der Waals surface area contributed by atoms with Gasteiger partial charge in [0.15, 0.2) is 0 Å². The Hall–Kier alpha value is -4.25. The molecular weight excluding hydrogens is 402 g/mol. The molecule has 2 aromatic heterocycles. The minimum Gasteiger partial charge on any atom is -0.463 e. The number of hydrogen-bond acceptors (Lipinski definition) is 5. The molecule has 0 aliphatic carbocycles. The van der Waals surface area contributed by atoms with Crippen LogP contribution in [0.2, 0.25) is 0 Å². The molecule has 5 aromatic rings. The molecule has 1 atom stereocenters. The fourth-order valence-corrected chi connectivity index (χ4v) is 4.56. The van der Waals surface area contributed by atoms with Crippen LogP contribution in [0.5, 0.6) is 5.75 Å². The molecule has 1 aliphatic rings. The van der Waals surface area contributed by atoms with Gasteiger partial charge in [-0.3, -0.25) is 14.6 Å². The summed E-state index contributed by atoms with van der Waals surface area (Å²) in [6.45, 7) is 0. The number of rotatable bonds is 2. The van der Waals surface area contributed by atoms with Crippen LogP contribution in [0.15, 0.2) is 94.5 Å². The van der Waals surface area contributed by atoms with Crippen molar-refractivity contribution in [3.05, 3.63) is 107 Å². The number of ether oxygens (including phenoxy) is 1. The van der Waals surface area contributed by atoms with E-state index in [9.17, 15) is 9.59 Å². The molecule has 5 nitrogen and oxygen atoms in total. The summed E-state index contributed by atoms with van der Waals surface area (Å²) >= 11 is 0. The Labute approximate surface area is 182 Å². The Bertz CT molecular complexity index is 1560. The molecule has 0 N–H and O–H groups in total. The van der Waals surface area contributed by atoms with Crippen molar-refractivity contribution in [1.29, 1.82) is 0 Å². The Morgan fingerprint density at radius 3 is 2.53 bits per heavy atom. The average molecular weight is 419 g/mol. The van der Waals surface area contributed by atoms with Gasteiger partial charge in [-0.1, -0.05) is 48.5 Å². The number of benzene rings is 3. The van der Waals surface area contributed by atoms with Crippen molar-refractivity contribution in [2.45, 2.75) is 12.3 Å². The lowest BCUT2D eigenvalue weighted by atomic mass is 9.83. The van der Waals surface area contributed by atoms with E-state index in [1.807, 2.05) is 60.7 Å². The SMILES string of the molecule is O=C1C[C@H](c2ccnc3ccccc23)c2c(ccc3c(=O)c(-c4ccccc4)coc23)O1. The van der Waals surface area contributed by atoms with Crippen LogP contribution >= 0.6 is 0 Å². The van der Waals surface area contributed by atoms with Gasteiger partial charge >= 0.3 is 5.97 Å². The molecule has 0 radical (unpaired) electrons. The molecular formula is C27H17NO4. The Kier molecular flexibility index (Phi) is 4.15. The van der Waals surface area contributed by atoms with E-state index in [2.05, 4.69) is 4.98 Å². The first-order valence-corrected chi connectivity index (χ1v) is 10.4. The van der Waals surface area contributed by atoms with Crippen molar-refractivity contribution in [3.8, 4) is 16.9 Å². The molecule has 6 rings (SSSR count). The van der Waals surface area contributed by atoms with Gasteiger partial charge in [-0.25, -0.2) is 0 Å². The predicted molar refractivity (Wildman–Crippen MR) is 122 cm³/mol. The third kappa shape index (κ3) is 2.82. The third-order valence-corrected chi connectivity index (χ3v) is 6.03. The summed E-state index contributed by atoms with van der Waals surface area (Å²) in [5.41, 5.74) is 4.14. The lowest BCUT2D eigenvalue weighted by Crippen LogP contribution is -2.22. The topological polar surface area (TPSA) is 69.4 Å². The standard InChI is InChI=1S/C27H17NO4/c29-24-14-20(17-12-13-28-22-9-5-4-8-18(17)22)25-23(32-24)11-10-19-26(30)21(15-31-27(19)25)16-6-2-1-3-7-16/h1-13,15,20H,14H2/t20-/m1/s1. The summed E-state index contributed by atoms with van der Waals surface area (Å²) in [6, 6.07) is 22.5. The lowest BCUT2D eigenvalue weighted by molar-refractivity contribution is -0.135. The third-order valence-electron chi connectivity index (χ3n) is 6.03. The second-order valence-corrected chi connectivity index (χ2v) is 7.85. The van der Waals surface area contributed by atoms with Crippen LogP contribution in [-0.4, -0.2) is 11.0 Å². The molecule has 0 unspecified atom stereocenters. The summed E-state index contributed by atoms with van der Waals surface area (Å²) in [4.78, 5) is 30.3. The molecule has 3 aromatic carbocycles. The van der Waals surface area contributed by atoms with Crippen molar-refractivity contribution in [3.63, 3.8) is 0 Å². The maximum Gasteiger partial charge on any atom is 0.312 e. The van der Waals surface area contributed by atoms with Gasteiger partial charge < -0.3 is 9.15 Å². The first-order chi connectivity index (χ1) is 15.7. The summed E-state index contributed by atoms with van der Waals surface area (Å²) in [7, 11) is 0.